The Balaban J connectivity index is 1.88. The molecule has 0 unspecified atom stereocenters. The number of hydrogen-bond acceptors (Lipinski definition) is 3. The van der Waals surface area contributed by atoms with E-state index in [4.69, 9.17) is 0 Å². The van der Waals surface area contributed by atoms with Crippen LogP contribution in [0.5, 0.6) is 0 Å². The molecule has 3 rings (SSSR count). The quantitative estimate of drug-likeness (QED) is 0.770. The molecule has 120 valence electrons. The zero-order valence-corrected chi connectivity index (χ0v) is 14.1. The summed E-state index contributed by atoms with van der Waals surface area (Å²) in [6, 6.07) is 12.2. The van der Waals surface area contributed by atoms with Crippen LogP contribution in [0.25, 0.3) is 11.0 Å². The van der Waals surface area contributed by atoms with Gasteiger partial charge in [0.1, 0.15) is 0 Å². The van der Waals surface area contributed by atoms with Crippen LogP contribution in [-0.2, 0) is 15.4 Å². The molecule has 2 aromatic carbocycles. The van der Waals surface area contributed by atoms with Crippen LogP contribution in [0.1, 0.15) is 26.3 Å². The Morgan fingerprint density at radius 3 is 2.39 bits per heavy atom. The molecule has 0 atom stereocenters. The molecule has 0 spiro atoms. The number of aromatic nitrogens is 2. The number of benzene rings is 2. The van der Waals surface area contributed by atoms with Crippen molar-refractivity contribution < 1.29 is 8.42 Å². The van der Waals surface area contributed by atoms with E-state index in [0.29, 0.717) is 5.69 Å². The molecular formula is C17H19N3O2S. The third-order valence-corrected chi connectivity index (χ3v) is 5.10. The summed E-state index contributed by atoms with van der Waals surface area (Å²) in [4.78, 5) is 7.32. The first-order valence-electron chi connectivity index (χ1n) is 7.32. The van der Waals surface area contributed by atoms with Gasteiger partial charge in [0.25, 0.3) is 10.0 Å². The van der Waals surface area contributed by atoms with Gasteiger partial charge in [-0.25, -0.2) is 13.4 Å². The fraction of sp³-hybridized carbons (Fsp3) is 0.235. The van der Waals surface area contributed by atoms with Gasteiger partial charge in [-0.3, -0.25) is 4.72 Å². The van der Waals surface area contributed by atoms with E-state index in [9.17, 15) is 8.42 Å². The minimum absolute atomic E-state index is 0.0125. The lowest BCUT2D eigenvalue weighted by Gasteiger charge is -2.19. The Bertz CT molecular complexity index is 936. The summed E-state index contributed by atoms with van der Waals surface area (Å²) >= 11 is 0. The first-order valence-corrected chi connectivity index (χ1v) is 8.80. The van der Waals surface area contributed by atoms with Crippen molar-refractivity contribution in [1.82, 2.24) is 9.97 Å². The largest absolute Gasteiger partial charge is 0.345 e. The lowest BCUT2D eigenvalue weighted by molar-refractivity contribution is 0.587. The molecule has 0 aliphatic carbocycles. The molecule has 0 bridgehead atoms. The van der Waals surface area contributed by atoms with E-state index in [1.807, 2.05) is 12.1 Å². The fourth-order valence-corrected chi connectivity index (χ4v) is 3.40. The average molecular weight is 329 g/mol. The lowest BCUT2D eigenvalue weighted by atomic mass is 9.87. The predicted molar refractivity (Wildman–Crippen MR) is 92.0 cm³/mol. The van der Waals surface area contributed by atoms with E-state index in [2.05, 4.69) is 35.5 Å². The fourth-order valence-electron chi connectivity index (χ4n) is 2.35. The van der Waals surface area contributed by atoms with Crippen molar-refractivity contribution in [3.8, 4) is 0 Å². The van der Waals surface area contributed by atoms with E-state index < -0.39 is 10.0 Å². The molecule has 1 heterocycles. The van der Waals surface area contributed by atoms with Crippen molar-refractivity contribution in [2.24, 2.45) is 0 Å². The van der Waals surface area contributed by atoms with Crippen molar-refractivity contribution in [3.63, 3.8) is 0 Å². The van der Waals surface area contributed by atoms with Crippen molar-refractivity contribution in [1.29, 1.82) is 0 Å². The van der Waals surface area contributed by atoms with Gasteiger partial charge in [0.05, 0.1) is 27.9 Å². The highest BCUT2D eigenvalue weighted by Gasteiger charge is 2.17. The van der Waals surface area contributed by atoms with E-state index in [1.165, 1.54) is 0 Å². The third-order valence-electron chi connectivity index (χ3n) is 3.70. The van der Waals surface area contributed by atoms with Gasteiger partial charge in [-0.1, -0.05) is 32.9 Å². The first kappa shape index (κ1) is 15.6. The van der Waals surface area contributed by atoms with Crippen molar-refractivity contribution >= 4 is 26.7 Å². The summed E-state index contributed by atoms with van der Waals surface area (Å²) in [7, 11) is -3.61. The molecule has 0 aliphatic heterocycles. The standard InChI is InChI=1S/C17H19N3O2S/c1-17(2,3)12-4-7-14(8-5-12)23(21,22)20-13-6-9-15-16(10-13)19-11-18-15/h4-11,20H,1-3H3,(H,18,19). The molecule has 0 fully saturated rings. The van der Waals surface area contributed by atoms with Crippen LogP contribution >= 0.6 is 0 Å². The maximum absolute atomic E-state index is 12.5. The number of hydrogen-bond donors (Lipinski definition) is 2. The molecule has 5 nitrogen and oxygen atoms in total. The van der Waals surface area contributed by atoms with Crippen LogP contribution < -0.4 is 4.72 Å². The van der Waals surface area contributed by atoms with Crippen molar-refractivity contribution in [2.45, 2.75) is 31.1 Å². The smallest absolute Gasteiger partial charge is 0.261 e. The summed E-state index contributed by atoms with van der Waals surface area (Å²) in [6.07, 6.45) is 1.58. The number of imidazole rings is 1. The van der Waals surface area contributed by atoms with Crippen LogP contribution in [0.4, 0.5) is 5.69 Å². The highest BCUT2D eigenvalue weighted by atomic mass is 32.2. The van der Waals surface area contributed by atoms with Gasteiger partial charge in [0.15, 0.2) is 0 Å². The molecule has 1 aromatic heterocycles. The van der Waals surface area contributed by atoms with E-state index in [1.54, 1.807) is 36.7 Å². The number of anilines is 1. The second-order valence-corrected chi connectivity index (χ2v) is 8.20. The highest BCUT2D eigenvalue weighted by molar-refractivity contribution is 7.92. The number of nitrogens with one attached hydrogen (secondary N) is 2. The second kappa shape index (κ2) is 5.38. The van der Waals surface area contributed by atoms with Gasteiger partial charge in [0, 0.05) is 0 Å². The van der Waals surface area contributed by atoms with Gasteiger partial charge in [-0.2, -0.15) is 0 Å². The van der Waals surface area contributed by atoms with E-state index >= 15 is 0 Å². The van der Waals surface area contributed by atoms with Crippen LogP contribution in [0.2, 0.25) is 0 Å². The number of H-pyrrole nitrogens is 1. The number of fused-ring (bicyclic) bond motifs is 1. The highest BCUT2D eigenvalue weighted by Crippen LogP contribution is 2.25. The molecule has 0 amide bonds. The molecule has 0 saturated carbocycles. The van der Waals surface area contributed by atoms with Gasteiger partial charge in [0.2, 0.25) is 0 Å². The minimum atomic E-state index is -3.61. The third kappa shape index (κ3) is 3.22. The molecule has 0 aliphatic rings. The van der Waals surface area contributed by atoms with Gasteiger partial charge in [-0.15, -0.1) is 0 Å². The van der Waals surface area contributed by atoms with Crippen molar-refractivity contribution in [3.05, 3.63) is 54.4 Å². The summed E-state index contributed by atoms with van der Waals surface area (Å²) in [6.45, 7) is 6.27. The molecule has 0 saturated heterocycles. The summed E-state index contributed by atoms with van der Waals surface area (Å²) in [5, 5.41) is 0. The van der Waals surface area contributed by atoms with Crippen LogP contribution in [0.15, 0.2) is 53.7 Å². The minimum Gasteiger partial charge on any atom is -0.345 e. The lowest BCUT2D eigenvalue weighted by Crippen LogP contribution is -2.14. The Labute approximate surface area is 135 Å². The second-order valence-electron chi connectivity index (χ2n) is 6.51. The maximum Gasteiger partial charge on any atom is 0.261 e. The Morgan fingerprint density at radius 1 is 1.04 bits per heavy atom. The van der Waals surface area contributed by atoms with Gasteiger partial charge in [-0.05, 0) is 41.3 Å². The predicted octanol–water partition coefficient (Wildman–Crippen LogP) is 3.66. The van der Waals surface area contributed by atoms with E-state index in [-0.39, 0.29) is 10.3 Å². The Morgan fingerprint density at radius 2 is 1.74 bits per heavy atom. The summed E-state index contributed by atoms with van der Waals surface area (Å²) < 4.78 is 27.6. The van der Waals surface area contributed by atoms with Crippen LogP contribution in [0.3, 0.4) is 0 Å². The monoisotopic (exact) mass is 329 g/mol. The SMILES string of the molecule is CC(C)(C)c1ccc(S(=O)(=O)Nc2ccc3nc[nH]c3c2)cc1. The topological polar surface area (TPSA) is 74.8 Å². The molecule has 23 heavy (non-hydrogen) atoms. The molecule has 0 radical (unpaired) electrons. The summed E-state index contributed by atoms with van der Waals surface area (Å²) in [5.74, 6) is 0. The normalized spacial score (nSPS) is 12.5. The number of aromatic amines is 1. The van der Waals surface area contributed by atoms with Crippen LogP contribution in [0, 0.1) is 0 Å². The zero-order chi connectivity index (χ0) is 16.7. The molecule has 6 heteroatoms. The van der Waals surface area contributed by atoms with Gasteiger partial charge < -0.3 is 4.98 Å². The molecule has 2 N–H and O–H groups in total. The maximum atomic E-state index is 12.5. The zero-order valence-electron chi connectivity index (χ0n) is 13.3. The Kier molecular flexibility index (Phi) is 3.64. The number of sulfonamides is 1. The molecule has 3 aromatic rings. The first-order chi connectivity index (χ1) is 10.8. The number of nitrogens with zero attached hydrogens (tertiary/aromatic N) is 1. The average Bonchev–Trinajstić information content (AvgIpc) is 2.93. The van der Waals surface area contributed by atoms with Crippen molar-refractivity contribution in [2.75, 3.05) is 4.72 Å². The van der Waals surface area contributed by atoms with Gasteiger partial charge >= 0.3 is 0 Å². The van der Waals surface area contributed by atoms with E-state index in [0.717, 1.165) is 16.6 Å². The Hall–Kier alpha value is -2.34. The van der Waals surface area contributed by atoms with Crippen LogP contribution in [-0.4, -0.2) is 18.4 Å². The number of rotatable bonds is 3. The molecular weight excluding hydrogens is 310 g/mol. The summed E-state index contributed by atoms with van der Waals surface area (Å²) in [5.41, 5.74) is 3.16.